The summed E-state index contributed by atoms with van der Waals surface area (Å²) in [4.78, 5) is 11.6. The molecule has 0 aliphatic carbocycles. The van der Waals surface area contributed by atoms with Crippen LogP contribution in [0.25, 0.3) is 0 Å². The first kappa shape index (κ1) is 12.7. The van der Waals surface area contributed by atoms with Gasteiger partial charge < -0.3 is 10.5 Å². The molecule has 0 spiro atoms. The van der Waals surface area contributed by atoms with Gasteiger partial charge in [0.25, 0.3) is 0 Å². The topological polar surface area (TPSA) is 52.3 Å². The number of hydrogen-bond donors (Lipinski definition) is 1. The molecule has 3 nitrogen and oxygen atoms in total. The third-order valence-corrected chi connectivity index (χ3v) is 2.75. The maximum atomic E-state index is 11.6. The van der Waals surface area contributed by atoms with E-state index in [1.54, 1.807) is 0 Å². The van der Waals surface area contributed by atoms with Gasteiger partial charge in [-0.15, -0.1) is 0 Å². The van der Waals surface area contributed by atoms with Crippen molar-refractivity contribution in [2.75, 3.05) is 0 Å². The number of ether oxygens (including phenoxy) is 1. The first-order chi connectivity index (χ1) is 7.65. The van der Waals surface area contributed by atoms with Crippen LogP contribution < -0.4 is 5.73 Å². The normalized spacial score (nSPS) is 14.2. The quantitative estimate of drug-likeness (QED) is 0.775. The van der Waals surface area contributed by atoms with Gasteiger partial charge in [-0.1, -0.05) is 50.6 Å². The van der Waals surface area contributed by atoms with E-state index in [4.69, 9.17) is 10.5 Å². The molecule has 16 heavy (non-hydrogen) atoms. The largest absolute Gasteiger partial charge is 0.460 e. The van der Waals surface area contributed by atoms with Crippen molar-refractivity contribution in [3.8, 4) is 0 Å². The van der Waals surface area contributed by atoms with Crippen molar-refractivity contribution in [1.82, 2.24) is 0 Å². The lowest BCUT2D eigenvalue weighted by Gasteiger charge is -2.16. The van der Waals surface area contributed by atoms with Crippen LogP contribution in [0.15, 0.2) is 30.3 Å². The Labute approximate surface area is 96.6 Å². The third kappa shape index (κ3) is 3.66. The summed E-state index contributed by atoms with van der Waals surface area (Å²) in [5, 5.41) is 0. The van der Waals surface area contributed by atoms with E-state index in [2.05, 4.69) is 0 Å². The van der Waals surface area contributed by atoms with E-state index in [0.29, 0.717) is 6.61 Å². The molecule has 0 heterocycles. The number of nitrogens with two attached hydrogens (primary N) is 1. The molecule has 0 aliphatic rings. The van der Waals surface area contributed by atoms with Crippen LogP contribution in [0.2, 0.25) is 0 Å². The zero-order valence-corrected chi connectivity index (χ0v) is 9.85. The lowest BCUT2D eigenvalue weighted by Crippen LogP contribution is -2.37. The number of hydrogen-bond acceptors (Lipinski definition) is 3. The van der Waals surface area contributed by atoms with E-state index in [-0.39, 0.29) is 11.9 Å². The molecule has 1 aromatic rings. The van der Waals surface area contributed by atoms with Crippen LogP contribution in [0.5, 0.6) is 0 Å². The minimum atomic E-state index is -0.520. The maximum Gasteiger partial charge on any atom is 0.323 e. The average molecular weight is 221 g/mol. The summed E-state index contributed by atoms with van der Waals surface area (Å²) in [5.74, 6) is -0.165. The van der Waals surface area contributed by atoms with Crippen molar-refractivity contribution < 1.29 is 9.53 Å². The van der Waals surface area contributed by atoms with Gasteiger partial charge >= 0.3 is 5.97 Å². The van der Waals surface area contributed by atoms with Crippen molar-refractivity contribution in [3.05, 3.63) is 35.9 Å². The summed E-state index contributed by atoms with van der Waals surface area (Å²) >= 11 is 0. The van der Waals surface area contributed by atoms with Gasteiger partial charge in [0.2, 0.25) is 0 Å². The first-order valence-electron chi connectivity index (χ1n) is 5.61. The van der Waals surface area contributed by atoms with Gasteiger partial charge in [-0.25, -0.2) is 0 Å². The van der Waals surface area contributed by atoms with Crippen LogP contribution in [0.1, 0.15) is 25.8 Å². The molecular formula is C13H19NO2. The van der Waals surface area contributed by atoms with E-state index < -0.39 is 6.04 Å². The predicted octanol–water partition coefficient (Wildman–Crippen LogP) is 2.10. The van der Waals surface area contributed by atoms with E-state index in [1.807, 2.05) is 44.2 Å². The second-order valence-electron chi connectivity index (χ2n) is 4.00. The molecule has 2 atom stereocenters. The third-order valence-electron chi connectivity index (χ3n) is 2.75. The van der Waals surface area contributed by atoms with E-state index in [0.717, 1.165) is 12.0 Å². The SMILES string of the molecule is CCC(C)[C@H](N)C(=O)OCc1ccccc1. The number of carbonyl (C=O) groups is 1. The summed E-state index contributed by atoms with van der Waals surface area (Å²) in [6, 6.07) is 9.07. The highest BCUT2D eigenvalue weighted by molar-refractivity contribution is 5.75. The van der Waals surface area contributed by atoms with E-state index in [9.17, 15) is 4.79 Å². The van der Waals surface area contributed by atoms with Crippen LogP contribution in [0, 0.1) is 5.92 Å². The van der Waals surface area contributed by atoms with Crippen molar-refractivity contribution in [2.24, 2.45) is 11.7 Å². The molecule has 0 amide bonds. The van der Waals surface area contributed by atoms with Crippen molar-refractivity contribution >= 4 is 5.97 Å². The molecular weight excluding hydrogens is 202 g/mol. The summed E-state index contributed by atoms with van der Waals surface area (Å²) in [6.45, 7) is 4.26. The second-order valence-corrected chi connectivity index (χ2v) is 4.00. The molecule has 1 unspecified atom stereocenters. The maximum absolute atomic E-state index is 11.6. The minimum absolute atomic E-state index is 0.156. The van der Waals surface area contributed by atoms with Gasteiger partial charge in [0.1, 0.15) is 12.6 Å². The van der Waals surface area contributed by atoms with Crippen LogP contribution in [0.4, 0.5) is 0 Å². The van der Waals surface area contributed by atoms with Gasteiger partial charge in [-0.3, -0.25) is 4.79 Å². The molecule has 1 rings (SSSR count). The monoisotopic (exact) mass is 221 g/mol. The highest BCUT2D eigenvalue weighted by Gasteiger charge is 2.20. The Hall–Kier alpha value is -1.35. The molecule has 0 aliphatic heterocycles. The lowest BCUT2D eigenvalue weighted by atomic mass is 10.0. The molecule has 88 valence electrons. The Morgan fingerprint density at radius 1 is 1.38 bits per heavy atom. The molecule has 0 aromatic heterocycles. The summed E-state index contributed by atoms with van der Waals surface area (Å²) in [5.41, 5.74) is 6.74. The summed E-state index contributed by atoms with van der Waals surface area (Å²) in [6.07, 6.45) is 0.877. The zero-order chi connectivity index (χ0) is 12.0. The number of esters is 1. The molecule has 1 aromatic carbocycles. The zero-order valence-electron chi connectivity index (χ0n) is 9.85. The van der Waals surface area contributed by atoms with Crippen LogP contribution in [-0.4, -0.2) is 12.0 Å². The molecule has 3 heteroatoms. The van der Waals surface area contributed by atoms with Crippen LogP contribution in [0.3, 0.4) is 0 Å². The predicted molar refractivity (Wildman–Crippen MR) is 63.7 cm³/mol. The van der Waals surface area contributed by atoms with E-state index in [1.165, 1.54) is 0 Å². The van der Waals surface area contributed by atoms with Crippen molar-refractivity contribution in [2.45, 2.75) is 32.9 Å². The van der Waals surface area contributed by atoms with E-state index >= 15 is 0 Å². The molecule has 0 radical (unpaired) electrons. The first-order valence-corrected chi connectivity index (χ1v) is 5.61. The molecule has 0 saturated heterocycles. The lowest BCUT2D eigenvalue weighted by molar-refractivity contribution is -0.147. The smallest absolute Gasteiger partial charge is 0.323 e. The van der Waals surface area contributed by atoms with Crippen molar-refractivity contribution in [3.63, 3.8) is 0 Å². The van der Waals surface area contributed by atoms with Gasteiger partial charge in [0, 0.05) is 0 Å². The Bertz CT molecular complexity index is 324. The fraction of sp³-hybridized carbons (Fsp3) is 0.462. The Morgan fingerprint density at radius 3 is 2.56 bits per heavy atom. The highest BCUT2D eigenvalue weighted by Crippen LogP contribution is 2.08. The van der Waals surface area contributed by atoms with Gasteiger partial charge in [-0.2, -0.15) is 0 Å². The Balaban J connectivity index is 2.41. The average Bonchev–Trinajstić information content (AvgIpc) is 2.35. The molecule has 2 N–H and O–H groups in total. The molecule has 0 bridgehead atoms. The highest BCUT2D eigenvalue weighted by atomic mass is 16.5. The Morgan fingerprint density at radius 2 is 2.00 bits per heavy atom. The van der Waals surface area contributed by atoms with Crippen molar-refractivity contribution in [1.29, 1.82) is 0 Å². The van der Waals surface area contributed by atoms with Gasteiger partial charge in [-0.05, 0) is 11.5 Å². The Kier molecular flexibility index (Phi) is 4.99. The van der Waals surface area contributed by atoms with Crippen LogP contribution >= 0.6 is 0 Å². The summed E-state index contributed by atoms with van der Waals surface area (Å²) in [7, 11) is 0. The number of rotatable bonds is 5. The molecule has 0 saturated carbocycles. The second kappa shape index (κ2) is 6.28. The van der Waals surface area contributed by atoms with Gasteiger partial charge in [0.15, 0.2) is 0 Å². The van der Waals surface area contributed by atoms with Gasteiger partial charge in [0.05, 0.1) is 0 Å². The fourth-order valence-corrected chi connectivity index (χ4v) is 1.31. The van der Waals surface area contributed by atoms with Crippen LogP contribution in [-0.2, 0) is 16.1 Å². The standard InChI is InChI=1S/C13H19NO2/c1-3-10(2)12(14)13(15)16-9-11-7-5-4-6-8-11/h4-8,10,12H,3,9,14H2,1-2H3/t10?,12-/m0/s1. The number of carbonyl (C=O) groups excluding carboxylic acids is 1. The summed E-state index contributed by atoms with van der Waals surface area (Å²) < 4.78 is 5.15. The number of benzene rings is 1. The molecule has 0 fully saturated rings. The minimum Gasteiger partial charge on any atom is -0.460 e. The fourth-order valence-electron chi connectivity index (χ4n) is 1.31.